The van der Waals surface area contributed by atoms with Crippen molar-refractivity contribution in [3.05, 3.63) is 0 Å². The maximum absolute atomic E-state index is 11.8. The zero-order chi connectivity index (χ0) is 15.1. The van der Waals surface area contributed by atoms with Crippen molar-refractivity contribution in [3.63, 3.8) is 0 Å². The van der Waals surface area contributed by atoms with E-state index in [1.54, 1.807) is 0 Å². The number of rotatable bonds is 7. The molecule has 0 aromatic heterocycles. The van der Waals surface area contributed by atoms with E-state index in [1.165, 1.54) is 0 Å². The van der Waals surface area contributed by atoms with Gasteiger partial charge in [0, 0.05) is 14.2 Å². The smallest absolute Gasteiger partial charge is 0.367 e. The number of carbonyl (C=O) groups is 3. The van der Waals surface area contributed by atoms with Gasteiger partial charge in [-0.15, -0.1) is 0 Å². The fraction of sp³-hybridized carbons (Fsp3) is 0.727. The number of methoxy groups -OCH3 is 5. The molecule has 0 aliphatic heterocycles. The fourth-order valence-corrected chi connectivity index (χ4v) is 1.58. The molecule has 0 rings (SSSR count). The van der Waals surface area contributed by atoms with Crippen LogP contribution in [0.3, 0.4) is 0 Å². The molecule has 0 aliphatic rings. The topological polar surface area (TPSA) is 97.4 Å². The normalized spacial score (nSPS) is 12.5. The molecule has 19 heavy (non-hydrogen) atoms. The molecule has 0 aromatic carbocycles. The van der Waals surface area contributed by atoms with Crippen LogP contribution in [-0.4, -0.2) is 59.2 Å². The third kappa shape index (κ3) is 3.65. The van der Waals surface area contributed by atoms with Gasteiger partial charge in [-0.2, -0.15) is 0 Å². The molecule has 1 atom stereocenters. The Morgan fingerprint density at radius 1 is 0.895 bits per heavy atom. The van der Waals surface area contributed by atoms with E-state index < -0.39 is 36.0 Å². The molecule has 0 saturated carbocycles. The van der Waals surface area contributed by atoms with Gasteiger partial charge in [0.1, 0.15) is 5.92 Å². The third-order valence-corrected chi connectivity index (χ3v) is 2.62. The number of carbonyl (C=O) groups excluding carboxylic acids is 3. The molecule has 0 aromatic rings. The summed E-state index contributed by atoms with van der Waals surface area (Å²) < 4.78 is 23.5. The van der Waals surface area contributed by atoms with Gasteiger partial charge in [0.2, 0.25) is 0 Å². The second-order valence-electron chi connectivity index (χ2n) is 3.42. The van der Waals surface area contributed by atoms with Crippen molar-refractivity contribution in [1.29, 1.82) is 0 Å². The molecule has 110 valence electrons. The lowest BCUT2D eigenvalue weighted by Gasteiger charge is -2.32. The van der Waals surface area contributed by atoms with Crippen molar-refractivity contribution in [2.24, 2.45) is 5.92 Å². The minimum absolute atomic E-state index is 0.458. The minimum Gasteiger partial charge on any atom is -0.469 e. The van der Waals surface area contributed by atoms with Crippen LogP contribution in [0.4, 0.5) is 0 Å². The maximum Gasteiger partial charge on any atom is 0.367 e. The van der Waals surface area contributed by atoms with Crippen LogP contribution in [0.2, 0.25) is 0 Å². The zero-order valence-electron chi connectivity index (χ0n) is 11.6. The molecule has 0 radical (unpaired) electrons. The van der Waals surface area contributed by atoms with Gasteiger partial charge in [-0.3, -0.25) is 9.59 Å². The Balaban J connectivity index is 5.54. The lowest BCUT2D eigenvalue weighted by molar-refractivity contribution is -0.251. The number of esters is 3. The molecular formula is C11H18O8. The van der Waals surface area contributed by atoms with Gasteiger partial charge >= 0.3 is 17.9 Å². The Hall–Kier alpha value is -1.67. The molecule has 0 bridgehead atoms. The summed E-state index contributed by atoms with van der Waals surface area (Å²) in [6, 6.07) is 0. The number of hydrogen-bond acceptors (Lipinski definition) is 8. The van der Waals surface area contributed by atoms with Gasteiger partial charge in [-0.25, -0.2) is 4.79 Å². The summed E-state index contributed by atoms with van der Waals surface area (Å²) in [6.45, 7) is 0. The standard InChI is InChI=1S/C11H18O8/c1-15-8(12)6-7(9(13)16-2)11(18-4,19-5)10(14)17-3/h7H,6H2,1-5H3. The average molecular weight is 278 g/mol. The van der Waals surface area contributed by atoms with Crippen LogP contribution in [0, 0.1) is 5.92 Å². The first kappa shape index (κ1) is 17.3. The summed E-state index contributed by atoms with van der Waals surface area (Å²) in [5.41, 5.74) is 0. The Bertz CT molecular complexity index is 334. The highest BCUT2D eigenvalue weighted by atomic mass is 16.7. The summed E-state index contributed by atoms with van der Waals surface area (Å²) in [5, 5.41) is 0. The molecule has 0 saturated heterocycles. The predicted octanol–water partition coefficient (Wildman–Crippen LogP) is -0.499. The van der Waals surface area contributed by atoms with E-state index in [0.29, 0.717) is 0 Å². The molecule has 8 nitrogen and oxygen atoms in total. The fourth-order valence-electron chi connectivity index (χ4n) is 1.58. The quantitative estimate of drug-likeness (QED) is 0.349. The van der Waals surface area contributed by atoms with Gasteiger partial charge in [0.25, 0.3) is 5.79 Å². The van der Waals surface area contributed by atoms with Gasteiger partial charge < -0.3 is 23.7 Å². The lowest BCUT2D eigenvalue weighted by atomic mass is 9.94. The highest BCUT2D eigenvalue weighted by Gasteiger charge is 2.53. The molecule has 0 N–H and O–H groups in total. The minimum atomic E-state index is -2.07. The summed E-state index contributed by atoms with van der Waals surface area (Å²) in [5.74, 6) is -5.97. The van der Waals surface area contributed by atoms with E-state index in [0.717, 1.165) is 35.5 Å². The highest BCUT2D eigenvalue weighted by Crippen LogP contribution is 2.29. The Kier molecular flexibility index (Phi) is 7.02. The highest BCUT2D eigenvalue weighted by molar-refractivity contribution is 5.89. The number of ether oxygens (including phenoxy) is 5. The van der Waals surface area contributed by atoms with Crippen LogP contribution in [0.15, 0.2) is 0 Å². The van der Waals surface area contributed by atoms with Crippen molar-refractivity contribution >= 4 is 17.9 Å². The Labute approximate surface area is 110 Å². The van der Waals surface area contributed by atoms with E-state index in [4.69, 9.17) is 9.47 Å². The second-order valence-corrected chi connectivity index (χ2v) is 3.42. The van der Waals surface area contributed by atoms with Crippen molar-refractivity contribution in [2.45, 2.75) is 12.2 Å². The average Bonchev–Trinajstić information content (AvgIpc) is 2.46. The Morgan fingerprint density at radius 2 is 1.42 bits per heavy atom. The molecular weight excluding hydrogens is 260 g/mol. The molecule has 0 amide bonds. The third-order valence-electron chi connectivity index (χ3n) is 2.62. The van der Waals surface area contributed by atoms with Crippen molar-refractivity contribution < 1.29 is 38.1 Å². The van der Waals surface area contributed by atoms with E-state index in [-0.39, 0.29) is 0 Å². The van der Waals surface area contributed by atoms with Gasteiger partial charge in [0.15, 0.2) is 0 Å². The first-order chi connectivity index (χ1) is 8.93. The lowest BCUT2D eigenvalue weighted by Crippen LogP contribution is -2.54. The number of hydrogen-bond donors (Lipinski definition) is 0. The summed E-state index contributed by atoms with van der Waals surface area (Å²) in [7, 11) is 5.65. The van der Waals surface area contributed by atoms with Crippen molar-refractivity contribution in [2.75, 3.05) is 35.5 Å². The molecule has 1 unspecified atom stereocenters. The SMILES string of the molecule is COC(=O)CC(C(=O)OC)C(OC)(OC)C(=O)OC. The first-order valence-electron chi connectivity index (χ1n) is 5.26. The molecule has 8 heteroatoms. The van der Waals surface area contributed by atoms with Gasteiger partial charge in [-0.1, -0.05) is 0 Å². The second kappa shape index (κ2) is 7.70. The van der Waals surface area contributed by atoms with Crippen LogP contribution < -0.4 is 0 Å². The predicted molar refractivity (Wildman–Crippen MR) is 60.9 cm³/mol. The molecule has 0 aliphatic carbocycles. The molecule has 0 spiro atoms. The van der Waals surface area contributed by atoms with Crippen molar-refractivity contribution in [1.82, 2.24) is 0 Å². The zero-order valence-corrected chi connectivity index (χ0v) is 11.6. The van der Waals surface area contributed by atoms with E-state index in [1.807, 2.05) is 0 Å². The van der Waals surface area contributed by atoms with Gasteiger partial charge in [-0.05, 0) is 0 Å². The molecule has 0 fully saturated rings. The van der Waals surface area contributed by atoms with Gasteiger partial charge in [0.05, 0.1) is 27.8 Å². The maximum atomic E-state index is 11.8. The summed E-state index contributed by atoms with van der Waals surface area (Å²) in [4.78, 5) is 34.9. The van der Waals surface area contributed by atoms with Crippen LogP contribution in [0.1, 0.15) is 6.42 Å². The van der Waals surface area contributed by atoms with E-state index >= 15 is 0 Å². The monoisotopic (exact) mass is 278 g/mol. The van der Waals surface area contributed by atoms with Crippen LogP contribution in [0.5, 0.6) is 0 Å². The summed E-state index contributed by atoms with van der Waals surface area (Å²) in [6.07, 6.45) is -0.458. The largest absolute Gasteiger partial charge is 0.469 e. The van der Waals surface area contributed by atoms with Crippen molar-refractivity contribution in [3.8, 4) is 0 Å². The van der Waals surface area contributed by atoms with Crippen LogP contribution in [0.25, 0.3) is 0 Å². The van der Waals surface area contributed by atoms with E-state index in [9.17, 15) is 14.4 Å². The van der Waals surface area contributed by atoms with Crippen LogP contribution >= 0.6 is 0 Å². The van der Waals surface area contributed by atoms with Crippen LogP contribution in [-0.2, 0) is 38.1 Å². The molecule has 0 heterocycles. The Morgan fingerprint density at radius 3 is 1.74 bits per heavy atom. The van der Waals surface area contributed by atoms with E-state index in [2.05, 4.69) is 14.2 Å². The summed E-state index contributed by atoms with van der Waals surface area (Å²) >= 11 is 0. The first-order valence-corrected chi connectivity index (χ1v) is 5.26.